The molecule has 0 bridgehead atoms. The van der Waals surface area contributed by atoms with Crippen molar-refractivity contribution in [2.45, 2.75) is 71.5 Å². The number of aromatic hydroxyl groups is 1. The number of phenols is 1. The highest BCUT2D eigenvalue weighted by Gasteiger charge is 2.13. The van der Waals surface area contributed by atoms with E-state index in [9.17, 15) is 9.90 Å². The van der Waals surface area contributed by atoms with Crippen molar-refractivity contribution in [3.8, 4) is 11.5 Å². The maximum Gasteiger partial charge on any atom is 0.341 e. The standard InChI is InChI=1S/C24H32O4/c1-3-4-5-6-7-8-9-10-20-11-17-23(18-12-20)27-19(2)28-24(26)21-13-15-22(25)16-14-21/h11-19,25H,3-10H2,1-2H3. The summed E-state index contributed by atoms with van der Waals surface area (Å²) in [5, 5.41) is 9.27. The van der Waals surface area contributed by atoms with Crippen molar-refractivity contribution in [1.82, 2.24) is 0 Å². The highest BCUT2D eigenvalue weighted by molar-refractivity contribution is 5.89. The summed E-state index contributed by atoms with van der Waals surface area (Å²) in [5.74, 6) is 0.301. The van der Waals surface area contributed by atoms with Crippen LogP contribution in [0.2, 0.25) is 0 Å². The third-order valence-corrected chi connectivity index (χ3v) is 4.67. The van der Waals surface area contributed by atoms with E-state index in [4.69, 9.17) is 9.47 Å². The fourth-order valence-electron chi connectivity index (χ4n) is 3.05. The lowest BCUT2D eigenvalue weighted by molar-refractivity contribution is -0.0371. The number of rotatable bonds is 12. The number of ether oxygens (including phenoxy) is 2. The van der Waals surface area contributed by atoms with Crippen molar-refractivity contribution in [1.29, 1.82) is 0 Å². The number of benzene rings is 2. The Labute approximate surface area is 168 Å². The third-order valence-electron chi connectivity index (χ3n) is 4.67. The Kier molecular flexibility index (Phi) is 9.40. The maximum absolute atomic E-state index is 12.1. The molecule has 28 heavy (non-hydrogen) atoms. The van der Waals surface area contributed by atoms with Gasteiger partial charge in [0.15, 0.2) is 0 Å². The SMILES string of the molecule is CCCCCCCCCc1ccc(OC(C)OC(=O)c2ccc(O)cc2)cc1. The zero-order valence-corrected chi connectivity index (χ0v) is 17.0. The number of hydrogen-bond acceptors (Lipinski definition) is 4. The monoisotopic (exact) mass is 384 g/mol. The number of unbranched alkanes of at least 4 members (excludes halogenated alkanes) is 6. The molecule has 0 aliphatic rings. The molecular formula is C24H32O4. The van der Waals surface area contributed by atoms with Gasteiger partial charge in [-0.1, -0.05) is 57.6 Å². The molecule has 0 saturated heterocycles. The molecule has 0 amide bonds. The number of esters is 1. The van der Waals surface area contributed by atoms with Gasteiger partial charge in [-0.05, 0) is 54.8 Å². The zero-order chi connectivity index (χ0) is 20.2. The average molecular weight is 385 g/mol. The van der Waals surface area contributed by atoms with E-state index in [0.717, 1.165) is 6.42 Å². The van der Waals surface area contributed by atoms with Crippen molar-refractivity contribution < 1.29 is 19.4 Å². The van der Waals surface area contributed by atoms with Gasteiger partial charge in [-0.2, -0.15) is 0 Å². The van der Waals surface area contributed by atoms with Crippen LogP contribution in [0.1, 0.15) is 74.7 Å². The summed E-state index contributed by atoms with van der Waals surface area (Å²) < 4.78 is 11.0. The first-order chi connectivity index (χ1) is 13.6. The summed E-state index contributed by atoms with van der Waals surface area (Å²) in [7, 11) is 0. The average Bonchev–Trinajstić information content (AvgIpc) is 2.69. The Morgan fingerprint density at radius 3 is 2.14 bits per heavy atom. The summed E-state index contributed by atoms with van der Waals surface area (Å²) in [6.07, 6.45) is 9.56. The van der Waals surface area contributed by atoms with Gasteiger partial charge in [0, 0.05) is 6.92 Å². The molecule has 1 N–H and O–H groups in total. The highest BCUT2D eigenvalue weighted by Crippen LogP contribution is 2.18. The lowest BCUT2D eigenvalue weighted by Gasteiger charge is -2.15. The molecule has 2 aromatic rings. The van der Waals surface area contributed by atoms with E-state index < -0.39 is 12.3 Å². The first kappa shape index (κ1) is 21.8. The molecule has 0 saturated carbocycles. The van der Waals surface area contributed by atoms with Gasteiger partial charge in [0.2, 0.25) is 6.29 Å². The van der Waals surface area contributed by atoms with Gasteiger partial charge in [0.1, 0.15) is 11.5 Å². The van der Waals surface area contributed by atoms with Crippen LogP contribution in [0.4, 0.5) is 0 Å². The van der Waals surface area contributed by atoms with Crippen LogP contribution in [-0.2, 0) is 11.2 Å². The lowest BCUT2D eigenvalue weighted by atomic mass is 10.0. The van der Waals surface area contributed by atoms with Crippen LogP contribution in [0, 0.1) is 0 Å². The van der Waals surface area contributed by atoms with E-state index in [1.807, 2.05) is 12.1 Å². The molecule has 2 rings (SSSR count). The van der Waals surface area contributed by atoms with Gasteiger partial charge in [-0.25, -0.2) is 4.79 Å². The van der Waals surface area contributed by atoms with E-state index >= 15 is 0 Å². The Bertz CT molecular complexity index is 692. The fraction of sp³-hybridized carbons (Fsp3) is 0.458. The van der Waals surface area contributed by atoms with Crippen LogP contribution in [0.15, 0.2) is 48.5 Å². The van der Waals surface area contributed by atoms with Crippen molar-refractivity contribution in [2.75, 3.05) is 0 Å². The second-order valence-corrected chi connectivity index (χ2v) is 7.15. The molecular weight excluding hydrogens is 352 g/mol. The van der Waals surface area contributed by atoms with Gasteiger partial charge in [-0.3, -0.25) is 0 Å². The van der Waals surface area contributed by atoms with Crippen LogP contribution >= 0.6 is 0 Å². The zero-order valence-electron chi connectivity index (χ0n) is 17.0. The van der Waals surface area contributed by atoms with Crippen molar-refractivity contribution in [2.24, 2.45) is 0 Å². The van der Waals surface area contributed by atoms with E-state index in [1.165, 1.54) is 74.8 Å². The molecule has 0 heterocycles. The van der Waals surface area contributed by atoms with Gasteiger partial charge in [-0.15, -0.1) is 0 Å². The summed E-state index contributed by atoms with van der Waals surface area (Å²) in [4.78, 5) is 12.1. The Morgan fingerprint density at radius 2 is 1.50 bits per heavy atom. The summed E-state index contributed by atoms with van der Waals surface area (Å²) in [5.41, 5.74) is 1.67. The molecule has 152 valence electrons. The Hall–Kier alpha value is -2.49. The molecule has 4 nitrogen and oxygen atoms in total. The van der Waals surface area contributed by atoms with Crippen LogP contribution in [-0.4, -0.2) is 17.4 Å². The minimum Gasteiger partial charge on any atom is -0.508 e. The predicted octanol–water partition coefficient (Wildman–Crippen LogP) is 6.27. The van der Waals surface area contributed by atoms with Gasteiger partial charge < -0.3 is 14.6 Å². The molecule has 0 aromatic heterocycles. The first-order valence-electron chi connectivity index (χ1n) is 10.3. The van der Waals surface area contributed by atoms with E-state index in [1.54, 1.807) is 6.92 Å². The topological polar surface area (TPSA) is 55.8 Å². The number of carbonyl (C=O) groups excluding carboxylic acids is 1. The molecule has 0 aliphatic heterocycles. The normalized spacial score (nSPS) is 11.8. The summed E-state index contributed by atoms with van der Waals surface area (Å²) in [6, 6.07) is 13.9. The van der Waals surface area contributed by atoms with Crippen molar-refractivity contribution >= 4 is 5.97 Å². The maximum atomic E-state index is 12.1. The first-order valence-corrected chi connectivity index (χ1v) is 10.3. The minimum absolute atomic E-state index is 0.109. The molecule has 1 atom stereocenters. The van der Waals surface area contributed by atoms with Crippen LogP contribution in [0.5, 0.6) is 11.5 Å². The van der Waals surface area contributed by atoms with Gasteiger partial charge >= 0.3 is 5.97 Å². The van der Waals surface area contributed by atoms with Crippen LogP contribution < -0.4 is 4.74 Å². The Balaban J connectivity index is 1.69. The lowest BCUT2D eigenvalue weighted by Crippen LogP contribution is -2.20. The van der Waals surface area contributed by atoms with Crippen LogP contribution in [0.25, 0.3) is 0 Å². The number of phenolic OH excluding ortho intramolecular Hbond substituents is 1. The van der Waals surface area contributed by atoms with E-state index in [0.29, 0.717) is 11.3 Å². The van der Waals surface area contributed by atoms with Crippen molar-refractivity contribution in [3.63, 3.8) is 0 Å². The smallest absolute Gasteiger partial charge is 0.341 e. The fourth-order valence-corrected chi connectivity index (χ4v) is 3.05. The van der Waals surface area contributed by atoms with Gasteiger partial charge in [0.25, 0.3) is 0 Å². The molecule has 0 radical (unpaired) electrons. The molecule has 2 aromatic carbocycles. The van der Waals surface area contributed by atoms with Crippen molar-refractivity contribution in [3.05, 3.63) is 59.7 Å². The van der Waals surface area contributed by atoms with E-state index in [-0.39, 0.29) is 5.75 Å². The Morgan fingerprint density at radius 1 is 0.893 bits per heavy atom. The quantitative estimate of drug-likeness (QED) is 0.266. The number of hydrogen-bond donors (Lipinski definition) is 1. The van der Waals surface area contributed by atoms with Crippen LogP contribution in [0.3, 0.4) is 0 Å². The second kappa shape index (κ2) is 12.1. The molecule has 4 heteroatoms. The molecule has 1 unspecified atom stereocenters. The number of carbonyl (C=O) groups is 1. The molecule has 0 spiro atoms. The highest BCUT2D eigenvalue weighted by atomic mass is 16.7. The molecule has 0 aliphatic carbocycles. The summed E-state index contributed by atoms with van der Waals surface area (Å²) >= 11 is 0. The number of aryl methyl sites for hydroxylation is 1. The molecule has 0 fully saturated rings. The summed E-state index contributed by atoms with van der Waals surface area (Å²) in [6.45, 7) is 3.93. The largest absolute Gasteiger partial charge is 0.508 e. The predicted molar refractivity (Wildman–Crippen MR) is 112 cm³/mol. The third kappa shape index (κ3) is 8.03. The minimum atomic E-state index is -0.699. The van der Waals surface area contributed by atoms with Gasteiger partial charge in [0.05, 0.1) is 5.56 Å². The second-order valence-electron chi connectivity index (χ2n) is 7.15. The van der Waals surface area contributed by atoms with E-state index in [2.05, 4.69) is 19.1 Å².